The summed E-state index contributed by atoms with van der Waals surface area (Å²) >= 11 is 0. The standard InChI is InChI=1S/C35H45F2N5O9S/c36-18-26(19-37)50-33(46)38-28-11-5-3-1-2-4-10-24-17-35(24,32(45)40-52(48,49)27-12-13-27)39-30(43)29-16-25(21-42(29)31(28)44)51-34(47)41-15-14-22-8-6-7-9-23(22)20-41/h4,6-10,24-29H,1-3,5,11-21H2,(H,38,46)(H,39,43)(H,40,45)/b10-4-/t24-,25-,28+,29+,35-/m1/s1. The monoisotopic (exact) mass is 749 g/mol. The van der Waals surface area contributed by atoms with Gasteiger partial charge >= 0.3 is 12.2 Å². The lowest BCUT2D eigenvalue weighted by atomic mass is 10.0. The number of halogens is 2. The number of fused-ring (bicyclic) bond motifs is 3. The third-order valence-corrected chi connectivity index (χ3v) is 12.2. The molecule has 6 rings (SSSR count). The van der Waals surface area contributed by atoms with E-state index in [2.05, 4.69) is 15.4 Å². The minimum Gasteiger partial charge on any atom is -0.444 e. The average Bonchev–Trinajstić information content (AvgIpc) is 4.06. The molecule has 0 radical (unpaired) electrons. The van der Waals surface area contributed by atoms with Gasteiger partial charge in [0.25, 0.3) is 5.91 Å². The van der Waals surface area contributed by atoms with E-state index in [1.807, 2.05) is 30.3 Å². The molecule has 3 heterocycles. The summed E-state index contributed by atoms with van der Waals surface area (Å²) in [7, 11) is -3.94. The van der Waals surface area contributed by atoms with E-state index in [4.69, 9.17) is 9.47 Å². The van der Waals surface area contributed by atoms with Gasteiger partial charge in [0.05, 0.1) is 11.8 Å². The summed E-state index contributed by atoms with van der Waals surface area (Å²) in [4.78, 5) is 70.7. The first-order valence-electron chi connectivity index (χ1n) is 17.9. The number of ether oxygens (including phenoxy) is 2. The quantitative estimate of drug-likeness (QED) is 0.337. The number of alkyl carbamates (subject to hydrolysis) is 1. The number of carbonyl (C=O) groups is 5. The third kappa shape index (κ3) is 8.50. The van der Waals surface area contributed by atoms with Crippen molar-refractivity contribution in [3.8, 4) is 0 Å². The molecule has 0 spiro atoms. The second kappa shape index (κ2) is 15.8. The van der Waals surface area contributed by atoms with Gasteiger partial charge in [-0.25, -0.2) is 26.8 Å². The summed E-state index contributed by atoms with van der Waals surface area (Å²) in [5, 5.41) is 4.49. The molecule has 14 nitrogen and oxygen atoms in total. The van der Waals surface area contributed by atoms with Crippen LogP contribution in [0.15, 0.2) is 36.4 Å². The van der Waals surface area contributed by atoms with Crippen LogP contribution < -0.4 is 15.4 Å². The second-order valence-electron chi connectivity index (χ2n) is 14.2. The van der Waals surface area contributed by atoms with Gasteiger partial charge in [0.1, 0.15) is 37.1 Å². The highest BCUT2D eigenvalue weighted by Gasteiger charge is 2.62. The van der Waals surface area contributed by atoms with Crippen molar-refractivity contribution in [2.45, 2.75) is 106 Å². The van der Waals surface area contributed by atoms with Crippen molar-refractivity contribution < 1.29 is 50.6 Å². The fourth-order valence-corrected chi connectivity index (χ4v) is 8.51. The first-order valence-corrected chi connectivity index (χ1v) is 19.5. The molecule has 52 heavy (non-hydrogen) atoms. The molecule has 1 aromatic carbocycles. The van der Waals surface area contributed by atoms with Crippen molar-refractivity contribution in [3.05, 3.63) is 47.5 Å². The van der Waals surface area contributed by atoms with Crippen LogP contribution in [0, 0.1) is 5.92 Å². The highest BCUT2D eigenvalue weighted by atomic mass is 32.2. The van der Waals surface area contributed by atoms with Crippen LogP contribution in [0.3, 0.4) is 0 Å². The number of alkyl halides is 2. The number of rotatable bonds is 8. The fraction of sp³-hybridized carbons (Fsp3) is 0.629. The summed E-state index contributed by atoms with van der Waals surface area (Å²) in [5.41, 5.74) is 0.511. The predicted molar refractivity (Wildman–Crippen MR) is 181 cm³/mol. The van der Waals surface area contributed by atoms with Crippen LogP contribution in [-0.4, -0.2) is 110 Å². The van der Waals surface area contributed by atoms with Gasteiger partial charge in [-0.15, -0.1) is 0 Å². The Morgan fingerprint density at radius 3 is 2.52 bits per heavy atom. The number of carbonyl (C=O) groups excluding carboxylic acids is 5. The molecule has 284 valence electrons. The number of hydrogen-bond donors (Lipinski definition) is 3. The molecule has 0 aromatic heterocycles. The molecule has 3 aliphatic heterocycles. The minimum absolute atomic E-state index is 0.115. The first kappa shape index (κ1) is 37.5. The van der Waals surface area contributed by atoms with Crippen molar-refractivity contribution in [3.63, 3.8) is 0 Å². The van der Waals surface area contributed by atoms with Crippen molar-refractivity contribution in [1.29, 1.82) is 0 Å². The Labute approximate surface area is 301 Å². The first-order chi connectivity index (χ1) is 24.9. The Balaban J connectivity index is 1.24. The van der Waals surface area contributed by atoms with E-state index < -0.39 is 94.3 Å². The predicted octanol–water partition coefficient (Wildman–Crippen LogP) is 2.56. The Kier molecular flexibility index (Phi) is 11.4. The van der Waals surface area contributed by atoms with Crippen LogP contribution in [0.25, 0.3) is 0 Å². The van der Waals surface area contributed by atoms with Gasteiger partial charge in [-0.1, -0.05) is 49.3 Å². The van der Waals surface area contributed by atoms with E-state index in [0.29, 0.717) is 58.0 Å². The molecule has 5 aliphatic rings. The van der Waals surface area contributed by atoms with Gasteiger partial charge in [-0.05, 0) is 56.1 Å². The Morgan fingerprint density at radius 1 is 1.04 bits per heavy atom. The zero-order valence-electron chi connectivity index (χ0n) is 28.8. The maximum absolute atomic E-state index is 14.2. The molecule has 5 atom stereocenters. The number of sulfonamides is 1. The van der Waals surface area contributed by atoms with Crippen LogP contribution in [0.2, 0.25) is 0 Å². The Hall–Kier alpha value is -4.28. The van der Waals surface area contributed by atoms with Gasteiger partial charge < -0.3 is 29.9 Å². The summed E-state index contributed by atoms with van der Waals surface area (Å²) in [5.74, 6) is -2.84. The number of nitrogens with zero attached hydrogens (tertiary/aromatic N) is 2. The third-order valence-electron chi connectivity index (χ3n) is 10.4. The Morgan fingerprint density at radius 2 is 1.79 bits per heavy atom. The number of hydrogen-bond acceptors (Lipinski definition) is 9. The molecule has 0 bridgehead atoms. The summed E-state index contributed by atoms with van der Waals surface area (Å²) < 4.78 is 64.6. The lowest BCUT2D eigenvalue weighted by molar-refractivity contribution is -0.141. The summed E-state index contributed by atoms with van der Waals surface area (Å²) in [6.07, 6.45) is 3.19. The van der Waals surface area contributed by atoms with Crippen LogP contribution in [0.4, 0.5) is 18.4 Å². The topological polar surface area (TPSA) is 181 Å². The minimum atomic E-state index is -3.94. The zero-order valence-corrected chi connectivity index (χ0v) is 29.6. The maximum atomic E-state index is 14.2. The number of benzene rings is 1. The average molecular weight is 750 g/mol. The fourth-order valence-electron chi connectivity index (χ4n) is 7.15. The summed E-state index contributed by atoms with van der Waals surface area (Å²) in [6.45, 7) is -2.04. The largest absolute Gasteiger partial charge is 0.444 e. The molecule has 2 saturated carbocycles. The number of allylic oxidation sites excluding steroid dienone is 1. The van der Waals surface area contributed by atoms with Crippen LogP contribution >= 0.6 is 0 Å². The lowest BCUT2D eigenvalue weighted by Crippen LogP contribution is -2.58. The van der Waals surface area contributed by atoms with Gasteiger partial charge in [0.15, 0.2) is 6.10 Å². The molecular formula is C35H45F2N5O9S. The molecule has 1 aromatic rings. The molecule has 3 fully saturated rings. The second-order valence-corrected chi connectivity index (χ2v) is 16.2. The molecule has 17 heteroatoms. The normalized spacial score (nSPS) is 28.6. The SMILES string of the molecule is O=C(N[C@H]1CCCCC/C=C\[C@@H]2C[C@@]2(C(=O)NS(=O)(=O)C2CC2)NC(=O)[C@@H]2C[C@@H](OC(=O)N3CCc4ccccc4C3)CN2C1=O)OC(CF)CF. The lowest BCUT2D eigenvalue weighted by Gasteiger charge is -2.30. The van der Waals surface area contributed by atoms with E-state index in [9.17, 15) is 41.2 Å². The van der Waals surface area contributed by atoms with Gasteiger partial charge in [0, 0.05) is 25.4 Å². The highest BCUT2D eigenvalue weighted by Crippen LogP contribution is 2.46. The van der Waals surface area contributed by atoms with Crippen molar-refractivity contribution >= 4 is 39.9 Å². The molecule has 1 saturated heterocycles. The molecule has 2 aliphatic carbocycles. The van der Waals surface area contributed by atoms with Crippen molar-refractivity contribution in [1.82, 2.24) is 25.2 Å². The van der Waals surface area contributed by atoms with E-state index in [-0.39, 0.29) is 25.8 Å². The van der Waals surface area contributed by atoms with Crippen molar-refractivity contribution in [2.75, 3.05) is 26.4 Å². The smallest absolute Gasteiger partial charge is 0.410 e. The van der Waals surface area contributed by atoms with Gasteiger partial charge in [-0.3, -0.25) is 19.1 Å². The Bertz CT molecular complexity index is 1690. The molecule has 0 unspecified atom stereocenters. The van der Waals surface area contributed by atoms with E-state index >= 15 is 0 Å². The van der Waals surface area contributed by atoms with Crippen LogP contribution in [0.5, 0.6) is 0 Å². The van der Waals surface area contributed by atoms with E-state index in [1.54, 1.807) is 6.08 Å². The highest BCUT2D eigenvalue weighted by molar-refractivity contribution is 7.91. The van der Waals surface area contributed by atoms with Gasteiger partial charge in [-0.2, -0.15) is 0 Å². The van der Waals surface area contributed by atoms with Gasteiger partial charge in [0.2, 0.25) is 21.8 Å². The maximum Gasteiger partial charge on any atom is 0.410 e. The van der Waals surface area contributed by atoms with E-state index in [0.717, 1.165) is 11.1 Å². The summed E-state index contributed by atoms with van der Waals surface area (Å²) in [6, 6.07) is 5.19. The zero-order chi connectivity index (χ0) is 37.0. The molecular weight excluding hydrogens is 704 g/mol. The number of nitrogens with one attached hydrogen (secondary N) is 3. The van der Waals surface area contributed by atoms with Crippen LogP contribution in [0.1, 0.15) is 68.9 Å². The number of amides is 5. The molecule has 5 amide bonds. The van der Waals surface area contributed by atoms with Crippen LogP contribution in [-0.2, 0) is 46.8 Å². The van der Waals surface area contributed by atoms with Crippen molar-refractivity contribution in [2.24, 2.45) is 5.92 Å². The molecule has 3 N–H and O–H groups in total. The van der Waals surface area contributed by atoms with E-state index in [1.165, 1.54) is 9.80 Å².